The second kappa shape index (κ2) is 28.8. The van der Waals surface area contributed by atoms with Crippen molar-refractivity contribution in [3.05, 3.63) is 54.1 Å². The van der Waals surface area contributed by atoms with Crippen LogP contribution in [-0.4, -0.2) is 195 Å². The van der Waals surface area contributed by atoms with Gasteiger partial charge in [0.05, 0.1) is 24.1 Å². The molecule has 4 aliphatic rings. The third kappa shape index (κ3) is 20.8. The molecule has 8 rings (SSSR count). The van der Waals surface area contributed by atoms with Gasteiger partial charge in [-0.15, -0.1) is 0 Å². The summed E-state index contributed by atoms with van der Waals surface area (Å²) in [5.74, 6) is 5.68. The molecule has 0 N–H and O–H groups in total. The lowest BCUT2D eigenvalue weighted by atomic mass is 9.84. The summed E-state index contributed by atoms with van der Waals surface area (Å²) >= 11 is 3.84. The minimum Gasteiger partial charge on any atom is -0.444 e. The normalized spacial score (nSPS) is 20.6. The fraction of sp³-hybridized carbons (Fsp3) is 0.733. The molecule has 4 atom stereocenters. The van der Waals surface area contributed by atoms with Gasteiger partial charge in [0.1, 0.15) is 49.8 Å². The van der Waals surface area contributed by atoms with E-state index in [1.165, 1.54) is 0 Å². The van der Waals surface area contributed by atoms with Gasteiger partial charge < -0.3 is 43.1 Å². The van der Waals surface area contributed by atoms with Crippen molar-refractivity contribution in [3.63, 3.8) is 0 Å². The van der Waals surface area contributed by atoms with Gasteiger partial charge in [0.25, 0.3) is 0 Å². The van der Waals surface area contributed by atoms with Crippen LogP contribution in [0.4, 0.5) is 21.2 Å². The summed E-state index contributed by atoms with van der Waals surface area (Å²) < 4.78 is 40.3. The lowest BCUT2D eigenvalue weighted by Crippen LogP contribution is -2.57. The zero-order valence-electron chi connectivity index (χ0n) is 54.4. The van der Waals surface area contributed by atoms with Crippen molar-refractivity contribution in [2.75, 3.05) is 86.2 Å². The molecule has 24 heteroatoms. The van der Waals surface area contributed by atoms with E-state index in [2.05, 4.69) is 117 Å². The molecule has 4 unspecified atom stereocenters. The summed E-state index contributed by atoms with van der Waals surface area (Å²) in [7, 11) is -4.82. The molecule has 0 saturated carbocycles. The van der Waals surface area contributed by atoms with Gasteiger partial charge in [0, 0.05) is 136 Å². The smallest absolute Gasteiger partial charge is 0.411 e. The summed E-state index contributed by atoms with van der Waals surface area (Å²) in [5.41, 5.74) is 3.71. The van der Waals surface area contributed by atoms with Gasteiger partial charge in [-0.25, -0.2) is 19.6 Å². The van der Waals surface area contributed by atoms with E-state index in [0.29, 0.717) is 26.9 Å². The zero-order chi connectivity index (χ0) is 61.4. The van der Waals surface area contributed by atoms with Crippen molar-refractivity contribution in [1.29, 1.82) is 0 Å². The lowest BCUT2D eigenvalue weighted by molar-refractivity contribution is -0.00304. The average Bonchev–Trinajstić information content (AvgIpc) is 1.72. The molecule has 4 aliphatic heterocycles. The van der Waals surface area contributed by atoms with Crippen molar-refractivity contribution < 1.29 is 38.0 Å². The van der Waals surface area contributed by atoms with Gasteiger partial charge >= 0.3 is 12.2 Å². The zero-order valence-corrected chi connectivity index (χ0v) is 60.1. The number of aromatic nitrogens is 6. The van der Waals surface area contributed by atoms with Crippen LogP contribution in [0.3, 0.4) is 0 Å². The van der Waals surface area contributed by atoms with Crippen molar-refractivity contribution in [2.45, 2.75) is 205 Å². The van der Waals surface area contributed by atoms with Crippen LogP contribution < -0.4 is 9.80 Å². The highest BCUT2D eigenvalue weighted by Crippen LogP contribution is 2.42. The number of ether oxygens (including phenoxy) is 6. The minimum absolute atomic E-state index is 0.0235. The third-order valence-corrected chi connectivity index (χ3v) is 24.3. The third-order valence-electron chi connectivity index (χ3n) is 15.0. The Bertz CT molecular complexity index is 2760. The molecule has 4 bridgehead atoms. The quantitative estimate of drug-likeness (QED) is 0.0369. The molecule has 0 radical (unpaired) electrons. The number of rotatable bonds is 24. The van der Waals surface area contributed by atoms with Gasteiger partial charge in [-0.1, -0.05) is 84.6 Å². The van der Waals surface area contributed by atoms with E-state index < -0.39 is 43.5 Å². The molecule has 3 saturated heterocycles. The van der Waals surface area contributed by atoms with E-state index in [0.717, 1.165) is 133 Å². The molecule has 18 nitrogen and oxygen atoms in total. The standard InChI is InChI=1S/C30H53N5O4SSi2.C30H51N5O4SSi2/c2*1-30(2,3)39-29(36)34-24-16-23(17-25(34)20-40-19-24)26-18-28(35-27(32-26)10-11-31-35)33(21-37-12-14-41(4,5)6)22-38-13-15-42(7,8)9/h10-11,18,23-25H,12-17,19-22H2,1-9H3;10-11,16,18,24-25H,12-15,17,19-22H2,1-9H3. The summed E-state index contributed by atoms with van der Waals surface area (Å²) in [6, 6.07) is 13.0. The predicted molar refractivity (Wildman–Crippen MR) is 357 cm³/mol. The van der Waals surface area contributed by atoms with Crippen LogP contribution in [0.5, 0.6) is 0 Å². The molecule has 470 valence electrons. The summed E-state index contributed by atoms with van der Waals surface area (Å²) in [6.07, 6.45) is 7.87. The Labute approximate surface area is 515 Å². The number of hydrogen-bond acceptors (Lipinski definition) is 16. The van der Waals surface area contributed by atoms with E-state index in [-0.39, 0.29) is 42.3 Å². The van der Waals surface area contributed by atoms with E-state index in [1.54, 1.807) is 6.20 Å². The van der Waals surface area contributed by atoms with Crippen LogP contribution in [0.15, 0.2) is 42.7 Å². The molecule has 2 amide bonds. The van der Waals surface area contributed by atoms with Crippen LogP contribution in [0.1, 0.15) is 78.1 Å². The Morgan fingerprint density at radius 2 is 0.964 bits per heavy atom. The van der Waals surface area contributed by atoms with Crippen LogP contribution in [0, 0.1) is 0 Å². The van der Waals surface area contributed by atoms with E-state index in [4.69, 9.17) is 38.4 Å². The first-order valence-electron chi connectivity index (χ1n) is 30.6. The topological polar surface area (TPSA) is 163 Å². The molecular formula is C60H104N10O8S2Si4. The Morgan fingerprint density at radius 1 is 0.560 bits per heavy atom. The molecule has 0 aromatic carbocycles. The van der Waals surface area contributed by atoms with Crippen LogP contribution >= 0.6 is 23.5 Å². The molecule has 84 heavy (non-hydrogen) atoms. The highest BCUT2D eigenvalue weighted by molar-refractivity contribution is 7.99. The second-order valence-electron chi connectivity index (χ2n) is 30.2. The summed E-state index contributed by atoms with van der Waals surface area (Å²) in [6.45, 7) is 44.7. The molecule has 0 spiro atoms. The average molecular weight is 1270 g/mol. The van der Waals surface area contributed by atoms with Crippen molar-refractivity contribution in [2.24, 2.45) is 0 Å². The van der Waals surface area contributed by atoms with E-state index in [9.17, 15) is 9.59 Å². The fourth-order valence-electron chi connectivity index (χ4n) is 10.3. The number of nitrogens with zero attached hydrogens (tertiary/aromatic N) is 10. The number of thioether (sulfide) groups is 2. The number of fused-ring (bicyclic) bond motifs is 6. The first-order valence-corrected chi connectivity index (χ1v) is 47.7. The maximum absolute atomic E-state index is 13.2. The maximum atomic E-state index is 13.2. The number of amides is 2. The molecule has 4 aromatic heterocycles. The van der Waals surface area contributed by atoms with Gasteiger partial charge in [0.2, 0.25) is 0 Å². The number of hydrogen-bond donors (Lipinski definition) is 0. The molecule has 3 fully saturated rings. The molecule has 0 aliphatic carbocycles. The minimum atomic E-state index is -1.21. The van der Waals surface area contributed by atoms with Crippen LogP contribution in [-0.2, 0) is 28.4 Å². The first kappa shape index (κ1) is 68.0. The SMILES string of the molecule is CC(C)(C)OC(=O)N1C2C=C(c3cc(N(COCC[Si](C)(C)C)COCC[Si](C)(C)C)n4nccc4n3)CC1CSC2.CC(C)(C)OC(=O)N1C2CSCC1CC(c1cc(N(COCC[Si](C)(C)C)COCC[Si](C)(C)C)n3nccc3n1)C2. The maximum Gasteiger partial charge on any atom is 0.411 e. The van der Waals surface area contributed by atoms with Gasteiger partial charge in [0.15, 0.2) is 11.3 Å². The monoisotopic (exact) mass is 1270 g/mol. The fourth-order valence-corrected chi connectivity index (χ4v) is 15.8. The van der Waals surface area contributed by atoms with E-state index >= 15 is 0 Å². The highest BCUT2D eigenvalue weighted by Gasteiger charge is 2.45. The Kier molecular flexibility index (Phi) is 23.3. The Balaban J connectivity index is 0.000000241. The van der Waals surface area contributed by atoms with E-state index in [1.807, 2.05) is 102 Å². The predicted octanol–water partition coefficient (Wildman–Crippen LogP) is 13.4. The Morgan fingerprint density at radius 3 is 1.39 bits per heavy atom. The Hall–Kier alpha value is -3.47. The van der Waals surface area contributed by atoms with Gasteiger partial charge in [-0.05, 0) is 90.6 Å². The number of piperidine rings is 1. The van der Waals surface area contributed by atoms with Crippen molar-refractivity contribution in [3.8, 4) is 0 Å². The summed E-state index contributed by atoms with van der Waals surface area (Å²) in [5, 5.41) is 9.24. The van der Waals surface area contributed by atoms with Crippen LogP contribution in [0.25, 0.3) is 16.9 Å². The number of anilines is 2. The first-order chi connectivity index (χ1) is 39.2. The molecule has 4 aromatic rings. The highest BCUT2D eigenvalue weighted by atomic mass is 32.2. The molecule has 8 heterocycles. The van der Waals surface area contributed by atoms with Crippen molar-refractivity contribution >= 4 is 96.5 Å². The number of carbonyl (C=O) groups excluding carboxylic acids is 2. The lowest BCUT2D eigenvalue weighted by Gasteiger charge is -2.48. The van der Waals surface area contributed by atoms with Crippen LogP contribution in [0.2, 0.25) is 103 Å². The second-order valence-corrected chi connectivity index (χ2v) is 54.8. The largest absolute Gasteiger partial charge is 0.444 e. The van der Waals surface area contributed by atoms with Gasteiger partial charge in [-0.3, -0.25) is 4.90 Å². The van der Waals surface area contributed by atoms with Crippen molar-refractivity contribution in [1.82, 2.24) is 39.0 Å². The van der Waals surface area contributed by atoms with Gasteiger partial charge in [-0.2, -0.15) is 42.8 Å². The summed E-state index contributed by atoms with van der Waals surface area (Å²) in [4.78, 5) is 44.6. The number of carbonyl (C=O) groups is 2. The molecular weight excluding hydrogens is 1170 g/mol.